The summed E-state index contributed by atoms with van der Waals surface area (Å²) in [7, 11) is 1.61. The van der Waals surface area contributed by atoms with Crippen LogP contribution in [0.25, 0.3) is 0 Å². The van der Waals surface area contributed by atoms with E-state index >= 15 is 0 Å². The Labute approximate surface area is 88.6 Å². The summed E-state index contributed by atoms with van der Waals surface area (Å²) in [5, 5.41) is 2.68. The van der Waals surface area contributed by atoms with Gasteiger partial charge in [0.15, 0.2) is 0 Å². The molecule has 0 saturated carbocycles. The Morgan fingerprint density at radius 1 is 1.50 bits per heavy atom. The third-order valence-electron chi connectivity index (χ3n) is 1.53. The van der Waals surface area contributed by atoms with Crippen LogP contribution in [0.15, 0.2) is 0 Å². The van der Waals surface area contributed by atoms with Gasteiger partial charge in [0, 0.05) is 13.0 Å². The fraction of sp³-hybridized carbons (Fsp3) is 0.875. The summed E-state index contributed by atoms with van der Waals surface area (Å²) in [5.41, 5.74) is 0. The Morgan fingerprint density at radius 2 is 2.07 bits per heavy atom. The lowest BCUT2D eigenvalue weighted by Gasteiger charge is -2.13. The van der Waals surface area contributed by atoms with Crippen molar-refractivity contribution in [3.05, 3.63) is 0 Å². The molecule has 1 N–H and O–H groups in total. The quantitative estimate of drug-likeness (QED) is 0.704. The minimum absolute atomic E-state index is 0. The minimum Gasteiger partial charge on any atom is -0.466 e. The molecule has 0 aromatic heterocycles. The molecule has 6 heteroatoms. The van der Waals surface area contributed by atoms with Gasteiger partial charge in [0.25, 0.3) is 0 Å². The van der Waals surface area contributed by atoms with Crippen LogP contribution in [-0.2, 0) is 9.53 Å². The fourth-order valence-corrected chi connectivity index (χ4v) is 0.984. The average molecular weight is 232 g/mol. The Kier molecular flexibility index (Phi) is 10.5. The van der Waals surface area contributed by atoms with Crippen LogP contribution in [0, 0.1) is 5.92 Å². The highest BCUT2D eigenvalue weighted by atomic mass is 35.5. The molecular formula is C8H16ClF2NO2. The number of carbonyl (C=O) groups is 1. The topological polar surface area (TPSA) is 38.3 Å². The summed E-state index contributed by atoms with van der Waals surface area (Å²) in [6.45, 7) is 2.10. The number of hydrogen-bond donors (Lipinski definition) is 1. The van der Waals surface area contributed by atoms with Crippen molar-refractivity contribution in [3.63, 3.8) is 0 Å². The maximum atomic E-state index is 12.0. The number of alkyl halides is 2. The van der Waals surface area contributed by atoms with E-state index in [-0.39, 0.29) is 25.6 Å². The Balaban J connectivity index is 0. The van der Waals surface area contributed by atoms with Crippen LogP contribution in [0.4, 0.5) is 8.78 Å². The largest absolute Gasteiger partial charge is 0.466 e. The summed E-state index contributed by atoms with van der Waals surface area (Å²) in [5.74, 6) is -1.30. The molecule has 0 aliphatic rings. The minimum atomic E-state index is -2.47. The number of ether oxygens (including phenoxy) is 1. The summed E-state index contributed by atoms with van der Waals surface area (Å²) in [4.78, 5) is 11.1. The van der Waals surface area contributed by atoms with Gasteiger partial charge in [0.2, 0.25) is 6.43 Å². The average Bonchev–Trinajstić information content (AvgIpc) is 2.03. The van der Waals surface area contributed by atoms with Crippen LogP contribution >= 0.6 is 12.4 Å². The lowest BCUT2D eigenvalue weighted by molar-refractivity contribution is -0.149. The van der Waals surface area contributed by atoms with Crippen molar-refractivity contribution in [2.75, 3.05) is 20.2 Å². The molecule has 0 aromatic carbocycles. The fourth-order valence-electron chi connectivity index (χ4n) is 0.984. The van der Waals surface area contributed by atoms with Gasteiger partial charge in [0.1, 0.15) is 0 Å². The maximum absolute atomic E-state index is 12.0. The van der Waals surface area contributed by atoms with Gasteiger partial charge in [-0.25, -0.2) is 8.78 Å². The predicted molar refractivity (Wildman–Crippen MR) is 51.9 cm³/mol. The SMILES string of the molecule is CCOC(=O)C(CNC)CC(F)F.Cl. The number of carbonyl (C=O) groups excluding carboxylic acids is 1. The lowest BCUT2D eigenvalue weighted by Crippen LogP contribution is -2.29. The monoisotopic (exact) mass is 231 g/mol. The number of hydrogen-bond acceptors (Lipinski definition) is 3. The highest BCUT2D eigenvalue weighted by Gasteiger charge is 2.22. The third-order valence-corrected chi connectivity index (χ3v) is 1.53. The van der Waals surface area contributed by atoms with Crippen molar-refractivity contribution in [1.29, 1.82) is 0 Å². The van der Waals surface area contributed by atoms with Gasteiger partial charge in [-0.05, 0) is 14.0 Å². The van der Waals surface area contributed by atoms with E-state index in [1.807, 2.05) is 0 Å². The molecule has 3 nitrogen and oxygen atoms in total. The molecule has 14 heavy (non-hydrogen) atoms. The Morgan fingerprint density at radius 3 is 2.43 bits per heavy atom. The number of rotatable bonds is 6. The van der Waals surface area contributed by atoms with E-state index < -0.39 is 24.7 Å². The van der Waals surface area contributed by atoms with Crippen LogP contribution in [0.2, 0.25) is 0 Å². The van der Waals surface area contributed by atoms with Gasteiger partial charge >= 0.3 is 5.97 Å². The smallest absolute Gasteiger partial charge is 0.310 e. The van der Waals surface area contributed by atoms with E-state index in [2.05, 4.69) is 10.1 Å². The van der Waals surface area contributed by atoms with Crippen LogP contribution in [0.3, 0.4) is 0 Å². The van der Waals surface area contributed by atoms with Gasteiger partial charge in [-0.3, -0.25) is 4.79 Å². The van der Waals surface area contributed by atoms with Crippen molar-refractivity contribution in [2.24, 2.45) is 5.92 Å². The molecule has 0 saturated heterocycles. The standard InChI is InChI=1S/C8H15F2NO2.ClH/c1-3-13-8(12)6(5-11-2)4-7(9)10;/h6-7,11H,3-5H2,1-2H3;1H. The van der Waals surface area contributed by atoms with Crippen molar-refractivity contribution >= 4 is 18.4 Å². The molecule has 0 bridgehead atoms. The second-order valence-electron chi connectivity index (χ2n) is 2.63. The van der Waals surface area contributed by atoms with Crippen molar-refractivity contribution in [3.8, 4) is 0 Å². The molecule has 0 rings (SSSR count). The van der Waals surface area contributed by atoms with E-state index in [9.17, 15) is 13.6 Å². The number of nitrogens with one attached hydrogen (secondary N) is 1. The first-order valence-corrected chi connectivity index (χ1v) is 4.21. The molecule has 1 unspecified atom stereocenters. The predicted octanol–water partition coefficient (Wildman–Crippen LogP) is 1.46. The van der Waals surface area contributed by atoms with Crippen molar-refractivity contribution in [2.45, 2.75) is 19.8 Å². The first-order valence-electron chi connectivity index (χ1n) is 4.21. The number of esters is 1. The van der Waals surface area contributed by atoms with Gasteiger partial charge in [-0.2, -0.15) is 0 Å². The Bertz CT molecular complexity index is 158. The molecule has 0 aliphatic heterocycles. The third kappa shape index (κ3) is 7.03. The van der Waals surface area contributed by atoms with Crippen LogP contribution < -0.4 is 5.32 Å². The molecule has 0 amide bonds. The molecule has 0 aliphatic carbocycles. The lowest BCUT2D eigenvalue weighted by atomic mass is 10.1. The molecule has 0 aromatic rings. The molecule has 86 valence electrons. The highest BCUT2D eigenvalue weighted by molar-refractivity contribution is 5.85. The molecule has 0 fully saturated rings. The zero-order valence-corrected chi connectivity index (χ0v) is 9.07. The summed E-state index contributed by atoms with van der Waals surface area (Å²) in [6.07, 6.45) is -2.91. The summed E-state index contributed by atoms with van der Waals surface area (Å²) in [6, 6.07) is 0. The molecule has 0 radical (unpaired) electrons. The normalized spacial score (nSPS) is 12.1. The zero-order chi connectivity index (χ0) is 10.3. The summed E-state index contributed by atoms with van der Waals surface area (Å²) >= 11 is 0. The van der Waals surface area contributed by atoms with Crippen LogP contribution in [-0.4, -0.2) is 32.6 Å². The van der Waals surface area contributed by atoms with E-state index in [0.717, 1.165) is 0 Å². The number of halogens is 3. The van der Waals surface area contributed by atoms with Crippen molar-refractivity contribution < 1.29 is 18.3 Å². The first kappa shape index (κ1) is 16.0. The first-order chi connectivity index (χ1) is 6.11. The molecule has 0 spiro atoms. The second-order valence-corrected chi connectivity index (χ2v) is 2.63. The van der Waals surface area contributed by atoms with E-state index in [0.29, 0.717) is 0 Å². The molecule has 1 atom stereocenters. The van der Waals surface area contributed by atoms with Gasteiger partial charge in [-0.1, -0.05) is 0 Å². The van der Waals surface area contributed by atoms with Gasteiger partial charge in [0.05, 0.1) is 12.5 Å². The van der Waals surface area contributed by atoms with Gasteiger partial charge < -0.3 is 10.1 Å². The van der Waals surface area contributed by atoms with E-state index in [1.165, 1.54) is 0 Å². The van der Waals surface area contributed by atoms with E-state index in [1.54, 1.807) is 14.0 Å². The van der Waals surface area contributed by atoms with Crippen LogP contribution in [0.5, 0.6) is 0 Å². The second kappa shape index (κ2) is 9.15. The zero-order valence-electron chi connectivity index (χ0n) is 8.26. The maximum Gasteiger partial charge on any atom is 0.310 e. The Hall–Kier alpha value is -0.420. The molecule has 0 heterocycles. The molecular weight excluding hydrogens is 216 g/mol. The van der Waals surface area contributed by atoms with Gasteiger partial charge in [-0.15, -0.1) is 12.4 Å². The summed E-state index contributed by atoms with van der Waals surface area (Å²) < 4.78 is 28.6. The highest BCUT2D eigenvalue weighted by Crippen LogP contribution is 2.11. The van der Waals surface area contributed by atoms with Crippen LogP contribution in [0.1, 0.15) is 13.3 Å². The van der Waals surface area contributed by atoms with Crippen molar-refractivity contribution in [1.82, 2.24) is 5.32 Å². The van der Waals surface area contributed by atoms with E-state index in [4.69, 9.17) is 0 Å².